The van der Waals surface area contributed by atoms with Crippen LogP contribution in [0.1, 0.15) is 61.9 Å². The van der Waals surface area contributed by atoms with Crippen LogP contribution < -0.4 is 4.74 Å². The Labute approximate surface area is 209 Å². The molecule has 1 heterocycles. The van der Waals surface area contributed by atoms with Gasteiger partial charge >= 0.3 is 0 Å². The second-order valence-electron chi connectivity index (χ2n) is 9.56. The number of hydrogen-bond acceptors (Lipinski definition) is 3. The SMILES string of the molecule is CC(C)C[C@H]1COc2ccccc2C(=O)N(C)CCCCCN1C(=O)CCc1ccccc1Cl. The number of carbonyl (C=O) groups is 2. The molecule has 2 amide bonds. The van der Waals surface area contributed by atoms with E-state index in [1.807, 2.05) is 60.5 Å². The van der Waals surface area contributed by atoms with Gasteiger partial charge in [0, 0.05) is 31.6 Å². The molecule has 0 aliphatic carbocycles. The summed E-state index contributed by atoms with van der Waals surface area (Å²) in [6, 6.07) is 15.1. The summed E-state index contributed by atoms with van der Waals surface area (Å²) >= 11 is 6.32. The van der Waals surface area contributed by atoms with Crippen molar-refractivity contribution in [1.82, 2.24) is 9.80 Å². The molecule has 0 spiro atoms. The topological polar surface area (TPSA) is 49.9 Å². The Morgan fingerprint density at radius 2 is 1.76 bits per heavy atom. The third-order valence-electron chi connectivity index (χ3n) is 6.36. The van der Waals surface area contributed by atoms with Crippen LogP contribution in [0.4, 0.5) is 0 Å². The van der Waals surface area contributed by atoms with Gasteiger partial charge in [0.1, 0.15) is 12.4 Å². The molecule has 0 saturated heterocycles. The van der Waals surface area contributed by atoms with Crippen molar-refractivity contribution in [2.75, 3.05) is 26.7 Å². The first kappa shape index (κ1) is 26.1. The Balaban J connectivity index is 1.82. The molecule has 2 aromatic rings. The molecule has 34 heavy (non-hydrogen) atoms. The molecule has 5 nitrogen and oxygen atoms in total. The molecule has 0 saturated carbocycles. The quantitative estimate of drug-likeness (QED) is 0.534. The first-order valence-corrected chi connectivity index (χ1v) is 12.7. The van der Waals surface area contributed by atoms with Crippen molar-refractivity contribution < 1.29 is 14.3 Å². The molecule has 0 radical (unpaired) electrons. The smallest absolute Gasteiger partial charge is 0.257 e. The summed E-state index contributed by atoms with van der Waals surface area (Å²) < 4.78 is 6.23. The predicted octanol–water partition coefficient (Wildman–Crippen LogP) is 5.85. The third kappa shape index (κ3) is 7.23. The van der Waals surface area contributed by atoms with Gasteiger partial charge in [-0.1, -0.05) is 55.8 Å². The third-order valence-corrected chi connectivity index (χ3v) is 6.73. The molecular formula is C28H37ClN2O3. The van der Waals surface area contributed by atoms with Gasteiger partial charge in [-0.2, -0.15) is 0 Å². The zero-order valence-electron chi connectivity index (χ0n) is 20.6. The maximum Gasteiger partial charge on any atom is 0.257 e. The summed E-state index contributed by atoms with van der Waals surface area (Å²) in [6.07, 6.45) is 4.64. The molecule has 0 unspecified atom stereocenters. The second kappa shape index (κ2) is 12.8. The van der Waals surface area contributed by atoms with Crippen LogP contribution in [-0.2, 0) is 11.2 Å². The first-order chi connectivity index (χ1) is 16.4. The van der Waals surface area contributed by atoms with Gasteiger partial charge in [-0.05, 0) is 61.8 Å². The Morgan fingerprint density at radius 1 is 1.06 bits per heavy atom. The van der Waals surface area contributed by atoms with E-state index < -0.39 is 0 Å². The van der Waals surface area contributed by atoms with Gasteiger partial charge < -0.3 is 14.5 Å². The minimum absolute atomic E-state index is 0.0251. The van der Waals surface area contributed by atoms with E-state index in [4.69, 9.17) is 16.3 Å². The van der Waals surface area contributed by atoms with Crippen LogP contribution in [0, 0.1) is 5.92 Å². The number of nitrogens with zero attached hydrogens (tertiary/aromatic N) is 2. The highest BCUT2D eigenvalue weighted by molar-refractivity contribution is 6.31. The van der Waals surface area contributed by atoms with Crippen LogP contribution in [0.5, 0.6) is 5.75 Å². The molecule has 0 fully saturated rings. The van der Waals surface area contributed by atoms with Crippen LogP contribution >= 0.6 is 11.6 Å². The molecule has 3 rings (SSSR count). The highest BCUT2D eigenvalue weighted by Gasteiger charge is 2.26. The van der Waals surface area contributed by atoms with E-state index >= 15 is 0 Å². The fraction of sp³-hybridized carbons (Fsp3) is 0.500. The fourth-order valence-corrected chi connectivity index (χ4v) is 4.73. The van der Waals surface area contributed by atoms with E-state index in [2.05, 4.69) is 13.8 Å². The lowest BCUT2D eigenvalue weighted by Crippen LogP contribution is -2.45. The number of amides is 2. The standard InChI is InChI=1S/C28H37ClN2O3/c1-21(2)19-23-20-34-26-14-8-6-12-24(26)28(33)30(3)17-9-4-10-18-31(23)27(32)16-15-22-11-5-7-13-25(22)29/h5-8,11-14,21,23H,4,9-10,15-20H2,1-3H3/t23-/m0/s1. The van der Waals surface area contributed by atoms with Gasteiger partial charge in [-0.3, -0.25) is 9.59 Å². The number of carbonyl (C=O) groups excluding carboxylic acids is 2. The van der Waals surface area contributed by atoms with Crippen LogP contribution in [-0.4, -0.2) is 54.4 Å². The summed E-state index contributed by atoms with van der Waals surface area (Å²) in [5.41, 5.74) is 1.57. The van der Waals surface area contributed by atoms with Crippen molar-refractivity contribution >= 4 is 23.4 Å². The van der Waals surface area contributed by atoms with Crippen LogP contribution in [0.2, 0.25) is 5.02 Å². The lowest BCUT2D eigenvalue weighted by atomic mass is 10.0. The molecule has 2 aromatic carbocycles. The van der Waals surface area contributed by atoms with Gasteiger partial charge in [0.25, 0.3) is 5.91 Å². The molecule has 1 aliphatic rings. The van der Waals surface area contributed by atoms with E-state index in [-0.39, 0.29) is 17.9 Å². The molecule has 1 atom stereocenters. The predicted molar refractivity (Wildman–Crippen MR) is 137 cm³/mol. The number of rotatable bonds is 5. The average molecular weight is 485 g/mol. The molecule has 0 N–H and O–H groups in total. The number of para-hydroxylation sites is 1. The maximum absolute atomic E-state index is 13.5. The van der Waals surface area contributed by atoms with Gasteiger partial charge in [-0.25, -0.2) is 0 Å². The highest BCUT2D eigenvalue weighted by Crippen LogP contribution is 2.24. The van der Waals surface area contributed by atoms with Crippen LogP contribution in [0.3, 0.4) is 0 Å². The minimum Gasteiger partial charge on any atom is -0.491 e. The number of halogens is 1. The van der Waals surface area contributed by atoms with Crippen molar-refractivity contribution in [2.24, 2.45) is 5.92 Å². The van der Waals surface area contributed by atoms with Gasteiger partial charge in [0.05, 0.1) is 11.6 Å². The summed E-state index contributed by atoms with van der Waals surface area (Å²) in [4.78, 5) is 30.2. The van der Waals surface area contributed by atoms with E-state index in [9.17, 15) is 9.59 Å². The molecule has 0 bridgehead atoms. The molecule has 1 aliphatic heterocycles. The second-order valence-corrected chi connectivity index (χ2v) is 9.96. The Hall–Kier alpha value is -2.53. The number of ether oxygens (including phenoxy) is 1. The number of fused-ring (bicyclic) bond motifs is 1. The summed E-state index contributed by atoms with van der Waals surface area (Å²) in [7, 11) is 1.84. The minimum atomic E-state index is -0.0552. The van der Waals surface area contributed by atoms with Crippen molar-refractivity contribution in [1.29, 1.82) is 0 Å². The van der Waals surface area contributed by atoms with Gasteiger partial charge in [0.2, 0.25) is 5.91 Å². The zero-order chi connectivity index (χ0) is 24.5. The van der Waals surface area contributed by atoms with Crippen LogP contribution in [0.25, 0.3) is 0 Å². The van der Waals surface area contributed by atoms with Crippen molar-refractivity contribution in [3.05, 3.63) is 64.7 Å². The fourth-order valence-electron chi connectivity index (χ4n) is 4.50. The van der Waals surface area contributed by atoms with Gasteiger partial charge in [-0.15, -0.1) is 0 Å². The van der Waals surface area contributed by atoms with Crippen molar-refractivity contribution in [3.63, 3.8) is 0 Å². The van der Waals surface area contributed by atoms with Crippen LogP contribution in [0.15, 0.2) is 48.5 Å². The van der Waals surface area contributed by atoms with E-state index in [0.717, 1.165) is 31.2 Å². The highest BCUT2D eigenvalue weighted by atomic mass is 35.5. The lowest BCUT2D eigenvalue weighted by molar-refractivity contribution is -0.134. The zero-order valence-corrected chi connectivity index (χ0v) is 21.4. The van der Waals surface area contributed by atoms with E-state index in [1.165, 1.54) is 0 Å². The Kier molecular flexibility index (Phi) is 9.82. The summed E-state index contributed by atoms with van der Waals surface area (Å²) in [5, 5.41) is 0.702. The monoisotopic (exact) mass is 484 g/mol. The van der Waals surface area contributed by atoms with Crippen molar-refractivity contribution in [3.8, 4) is 5.75 Å². The lowest BCUT2D eigenvalue weighted by Gasteiger charge is -2.33. The number of hydrogen-bond donors (Lipinski definition) is 0. The Bertz CT molecular complexity index is 962. The Morgan fingerprint density at radius 3 is 2.53 bits per heavy atom. The summed E-state index contributed by atoms with van der Waals surface area (Å²) in [5.74, 6) is 1.09. The summed E-state index contributed by atoms with van der Waals surface area (Å²) in [6.45, 7) is 6.08. The molecule has 6 heteroatoms. The normalized spacial score (nSPS) is 17.9. The number of aryl methyl sites for hydroxylation is 1. The largest absolute Gasteiger partial charge is 0.491 e. The average Bonchev–Trinajstić information content (AvgIpc) is 2.83. The van der Waals surface area contributed by atoms with E-state index in [1.54, 1.807) is 4.90 Å². The molecular weight excluding hydrogens is 448 g/mol. The van der Waals surface area contributed by atoms with E-state index in [0.29, 0.717) is 54.8 Å². The molecule has 0 aromatic heterocycles. The molecule has 184 valence electrons. The first-order valence-electron chi connectivity index (χ1n) is 12.4. The number of benzene rings is 2. The maximum atomic E-state index is 13.5. The van der Waals surface area contributed by atoms with Gasteiger partial charge in [0.15, 0.2) is 0 Å². The van der Waals surface area contributed by atoms with Crippen molar-refractivity contribution in [2.45, 2.75) is 58.4 Å².